The molecule has 0 heterocycles. The maximum atomic E-state index is 12.5. The highest BCUT2D eigenvalue weighted by molar-refractivity contribution is 5.28. The van der Waals surface area contributed by atoms with Gasteiger partial charge < -0.3 is 0 Å². The fraction of sp³-hybridized carbons (Fsp3) is 0.538. The quantitative estimate of drug-likeness (QED) is 0.646. The number of alkyl halides is 3. The standard InChI is InChI=1S/C13H17F3/c1-9(12(2,3)4)10-6-5-7-11(8-10)13(14,15)16/h5-9H,1-4H3. The average Bonchev–Trinajstić information content (AvgIpc) is 2.14. The molecule has 16 heavy (non-hydrogen) atoms. The van der Waals surface area contributed by atoms with Crippen LogP contribution in [0.1, 0.15) is 44.7 Å². The molecule has 0 saturated heterocycles. The van der Waals surface area contributed by atoms with E-state index in [-0.39, 0.29) is 11.3 Å². The van der Waals surface area contributed by atoms with E-state index in [1.165, 1.54) is 12.1 Å². The zero-order valence-corrected chi connectivity index (χ0v) is 10.0. The Labute approximate surface area is 94.5 Å². The van der Waals surface area contributed by atoms with Gasteiger partial charge in [-0.3, -0.25) is 0 Å². The van der Waals surface area contributed by atoms with Gasteiger partial charge in [0, 0.05) is 0 Å². The third kappa shape index (κ3) is 3.00. The zero-order chi connectivity index (χ0) is 12.6. The van der Waals surface area contributed by atoms with Gasteiger partial charge in [-0.2, -0.15) is 13.2 Å². The maximum absolute atomic E-state index is 12.5. The molecule has 1 aromatic carbocycles. The molecule has 0 fully saturated rings. The van der Waals surface area contributed by atoms with E-state index in [1.807, 2.05) is 27.7 Å². The monoisotopic (exact) mass is 230 g/mol. The second kappa shape index (κ2) is 4.11. The van der Waals surface area contributed by atoms with Crippen LogP contribution in [-0.2, 0) is 6.18 Å². The van der Waals surface area contributed by atoms with Crippen molar-refractivity contribution in [2.75, 3.05) is 0 Å². The predicted molar refractivity (Wildman–Crippen MR) is 59.3 cm³/mol. The highest BCUT2D eigenvalue weighted by Crippen LogP contribution is 2.37. The Balaban J connectivity index is 3.09. The lowest BCUT2D eigenvalue weighted by Crippen LogP contribution is -2.16. The van der Waals surface area contributed by atoms with E-state index < -0.39 is 11.7 Å². The van der Waals surface area contributed by atoms with Crippen LogP contribution in [0.2, 0.25) is 0 Å². The van der Waals surface area contributed by atoms with Crippen LogP contribution in [0.3, 0.4) is 0 Å². The van der Waals surface area contributed by atoms with Crippen molar-refractivity contribution in [1.29, 1.82) is 0 Å². The summed E-state index contributed by atoms with van der Waals surface area (Å²) in [6, 6.07) is 5.58. The van der Waals surface area contributed by atoms with Crippen molar-refractivity contribution in [1.82, 2.24) is 0 Å². The molecule has 0 N–H and O–H groups in total. The molecule has 0 bridgehead atoms. The van der Waals surface area contributed by atoms with Crippen molar-refractivity contribution in [3.8, 4) is 0 Å². The molecule has 1 rings (SSSR count). The first-order chi connectivity index (χ1) is 7.12. The number of hydrogen-bond donors (Lipinski definition) is 0. The van der Waals surface area contributed by atoms with Crippen LogP contribution in [0.15, 0.2) is 24.3 Å². The van der Waals surface area contributed by atoms with E-state index in [9.17, 15) is 13.2 Å². The normalized spacial score (nSPS) is 14.9. The summed E-state index contributed by atoms with van der Waals surface area (Å²) in [7, 11) is 0. The van der Waals surface area contributed by atoms with Gasteiger partial charge in [-0.1, -0.05) is 45.9 Å². The molecule has 1 unspecified atom stereocenters. The molecule has 0 radical (unpaired) electrons. The Morgan fingerprint density at radius 3 is 2.06 bits per heavy atom. The lowest BCUT2D eigenvalue weighted by molar-refractivity contribution is -0.137. The van der Waals surface area contributed by atoms with Gasteiger partial charge in [0.05, 0.1) is 5.56 Å². The molecule has 0 nitrogen and oxygen atoms in total. The Bertz CT molecular complexity index is 358. The van der Waals surface area contributed by atoms with Crippen LogP contribution in [0.4, 0.5) is 13.2 Å². The van der Waals surface area contributed by atoms with Crippen molar-refractivity contribution < 1.29 is 13.2 Å². The highest BCUT2D eigenvalue weighted by Gasteiger charge is 2.31. The summed E-state index contributed by atoms with van der Waals surface area (Å²) in [6.07, 6.45) is -4.26. The summed E-state index contributed by atoms with van der Waals surface area (Å²) in [5, 5.41) is 0. The summed E-state index contributed by atoms with van der Waals surface area (Å²) in [5.74, 6) is 0.0924. The largest absolute Gasteiger partial charge is 0.416 e. The van der Waals surface area contributed by atoms with Gasteiger partial charge in [-0.25, -0.2) is 0 Å². The first kappa shape index (κ1) is 13.1. The average molecular weight is 230 g/mol. The molecule has 0 aromatic heterocycles. The highest BCUT2D eigenvalue weighted by atomic mass is 19.4. The Hall–Kier alpha value is -0.990. The van der Waals surface area contributed by atoms with Gasteiger partial charge >= 0.3 is 6.18 Å². The first-order valence-electron chi connectivity index (χ1n) is 5.29. The Morgan fingerprint density at radius 1 is 1.06 bits per heavy atom. The lowest BCUT2D eigenvalue weighted by Gasteiger charge is -2.28. The van der Waals surface area contributed by atoms with Crippen LogP contribution >= 0.6 is 0 Å². The maximum Gasteiger partial charge on any atom is 0.416 e. The minimum absolute atomic E-state index is 0.0375. The van der Waals surface area contributed by atoms with Gasteiger partial charge in [0.15, 0.2) is 0 Å². The Kier molecular flexibility index (Phi) is 3.36. The van der Waals surface area contributed by atoms with Gasteiger partial charge in [0.1, 0.15) is 0 Å². The third-order valence-corrected chi connectivity index (χ3v) is 3.01. The summed E-state index contributed by atoms with van der Waals surface area (Å²) < 4.78 is 37.6. The second-order valence-corrected chi connectivity index (χ2v) is 5.21. The fourth-order valence-electron chi connectivity index (χ4n) is 1.48. The molecule has 0 aliphatic heterocycles. The summed E-state index contributed by atoms with van der Waals surface area (Å²) in [5.41, 5.74) is 0.132. The summed E-state index contributed by atoms with van der Waals surface area (Å²) >= 11 is 0. The first-order valence-corrected chi connectivity index (χ1v) is 5.29. The molecular weight excluding hydrogens is 213 g/mol. The van der Waals surface area contributed by atoms with E-state index in [0.29, 0.717) is 0 Å². The minimum atomic E-state index is -4.26. The van der Waals surface area contributed by atoms with Crippen molar-refractivity contribution >= 4 is 0 Å². The van der Waals surface area contributed by atoms with Crippen LogP contribution in [0.5, 0.6) is 0 Å². The van der Waals surface area contributed by atoms with E-state index in [2.05, 4.69) is 0 Å². The van der Waals surface area contributed by atoms with Gasteiger partial charge in [0.25, 0.3) is 0 Å². The predicted octanol–water partition coefficient (Wildman–Crippen LogP) is 4.86. The van der Waals surface area contributed by atoms with Crippen LogP contribution in [0.25, 0.3) is 0 Å². The topological polar surface area (TPSA) is 0 Å². The van der Waals surface area contributed by atoms with Gasteiger partial charge in [0.2, 0.25) is 0 Å². The smallest absolute Gasteiger partial charge is 0.166 e. The minimum Gasteiger partial charge on any atom is -0.166 e. The molecule has 1 aromatic rings. The number of rotatable bonds is 1. The van der Waals surface area contributed by atoms with Gasteiger partial charge in [-0.05, 0) is 23.0 Å². The number of hydrogen-bond acceptors (Lipinski definition) is 0. The molecule has 0 spiro atoms. The number of halogens is 3. The molecule has 1 atom stereocenters. The van der Waals surface area contributed by atoms with E-state index in [1.54, 1.807) is 6.07 Å². The van der Waals surface area contributed by atoms with Crippen molar-refractivity contribution in [3.05, 3.63) is 35.4 Å². The van der Waals surface area contributed by atoms with Crippen molar-refractivity contribution in [2.24, 2.45) is 5.41 Å². The van der Waals surface area contributed by atoms with Crippen LogP contribution < -0.4 is 0 Å². The summed E-state index contributed by atoms with van der Waals surface area (Å²) in [6.45, 7) is 8.03. The molecular formula is C13H17F3. The van der Waals surface area contributed by atoms with Crippen molar-refractivity contribution in [3.63, 3.8) is 0 Å². The molecule has 0 aliphatic rings. The summed E-state index contributed by atoms with van der Waals surface area (Å²) in [4.78, 5) is 0. The van der Waals surface area contributed by atoms with E-state index in [0.717, 1.165) is 11.6 Å². The molecule has 90 valence electrons. The SMILES string of the molecule is CC(c1cccc(C(F)(F)F)c1)C(C)(C)C. The van der Waals surface area contributed by atoms with E-state index >= 15 is 0 Å². The fourth-order valence-corrected chi connectivity index (χ4v) is 1.48. The molecule has 3 heteroatoms. The Morgan fingerprint density at radius 2 is 1.62 bits per heavy atom. The number of benzene rings is 1. The second-order valence-electron chi connectivity index (χ2n) is 5.21. The van der Waals surface area contributed by atoms with Crippen LogP contribution in [-0.4, -0.2) is 0 Å². The van der Waals surface area contributed by atoms with Crippen LogP contribution in [0, 0.1) is 5.41 Å². The molecule has 0 saturated carbocycles. The molecule has 0 aliphatic carbocycles. The lowest BCUT2D eigenvalue weighted by atomic mass is 9.77. The van der Waals surface area contributed by atoms with Crippen molar-refractivity contribution in [2.45, 2.75) is 39.8 Å². The van der Waals surface area contributed by atoms with Gasteiger partial charge in [-0.15, -0.1) is 0 Å². The third-order valence-electron chi connectivity index (χ3n) is 3.01. The molecule has 0 amide bonds. The zero-order valence-electron chi connectivity index (χ0n) is 10.0. The van der Waals surface area contributed by atoms with E-state index in [4.69, 9.17) is 0 Å².